The maximum Gasteiger partial charge on any atom is 0.309 e. The summed E-state index contributed by atoms with van der Waals surface area (Å²) in [6.45, 7) is 2.26. The summed E-state index contributed by atoms with van der Waals surface area (Å²) in [7, 11) is 0. The molecule has 1 N–H and O–H groups in total. The molecule has 3 heteroatoms. The fourth-order valence-electron chi connectivity index (χ4n) is 2.42. The summed E-state index contributed by atoms with van der Waals surface area (Å²) in [5.74, 6) is 0.572. The number of esters is 1. The number of rotatable bonds is 2. The molecule has 0 bridgehead atoms. The van der Waals surface area contributed by atoms with E-state index in [0.717, 1.165) is 12.8 Å². The Morgan fingerprint density at radius 2 is 2.33 bits per heavy atom. The molecule has 0 radical (unpaired) electrons. The largest absolute Gasteiger partial charge is 0.466 e. The smallest absolute Gasteiger partial charge is 0.309 e. The standard InChI is InChI=1S/C9H14O3/c1-2-12-9(11)8-5-3-4-6(10)7(5)8/h5-8,10H,2-4H2,1H3/t5-,6+,7-,8-/m1/s1. The molecule has 2 saturated carbocycles. The molecular weight excluding hydrogens is 156 g/mol. The lowest BCUT2D eigenvalue weighted by molar-refractivity contribution is -0.146. The van der Waals surface area contributed by atoms with E-state index in [2.05, 4.69) is 0 Å². The van der Waals surface area contributed by atoms with E-state index < -0.39 is 0 Å². The zero-order chi connectivity index (χ0) is 8.72. The van der Waals surface area contributed by atoms with E-state index in [1.807, 2.05) is 6.92 Å². The van der Waals surface area contributed by atoms with Crippen molar-refractivity contribution in [2.75, 3.05) is 6.61 Å². The van der Waals surface area contributed by atoms with Gasteiger partial charge in [0.15, 0.2) is 0 Å². The van der Waals surface area contributed by atoms with Gasteiger partial charge in [-0.3, -0.25) is 4.79 Å². The predicted molar refractivity (Wildman–Crippen MR) is 42.3 cm³/mol. The summed E-state index contributed by atoms with van der Waals surface area (Å²) in [6, 6.07) is 0. The first-order chi connectivity index (χ1) is 5.75. The van der Waals surface area contributed by atoms with Crippen LogP contribution in [0.2, 0.25) is 0 Å². The predicted octanol–water partition coefficient (Wildman–Crippen LogP) is 0.566. The van der Waals surface area contributed by atoms with Gasteiger partial charge in [-0.1, -0.05) is 0 Å². The third kappa shape index (κ3) is 1.04. The van der Waals surface area contributed by atoms with Crippen molar-refractivity contribution < 1.29 is 14.6 Å². The first kappa shape index (κ1) is 8.05. The van der Waals surface area contributed by atoms with Crippen LogP contribution in [0.3, 0.4) is 0 Å². The van der Waals surface area contributed by atoms with Gasteiger partial charge in [0.25, 0.3) is 0 Å². The minimum absolute atomic E-state index is 0.0219. The molecule has 12 heavy (non-hydrogen) atoms. The van der Waals surface area contributed by atoms with E-state index in [9.17, 15) is 9.90 Å². The first-order valence-corrected chi connectivity index (χ1v) is 4.60. The van der Waals surface area contributed by atoms with Crippen LogP contribution >= 0.6 is 0 Å². The molecule has 68 valence electrons. The van der Waals surface area contributed by atoms with Gasteiger partial charge in [0.1, 0.15) is 0 Å². The maximum atomic E-state index is 11.2. The second-order valence-corrected chi connectivity index (χ2v) is 3.66. The molecule has 0 aromatic rings. The van der Waals surface area contributed by atoms with Gasteiger partial charge in [0.2, 0.25) is 0 Å². The van der Waals surface area contributed by atoms with Gasteiger partial charge in [0.05, 0.1) is 18.6 Å². The van der Waals surface area contributed by atoms with Gasteiger partial charge in [-0.25, -0.2) is 0 Å². The Balaban J connectivity index is 1.90. The van der Waals surface area contributed by atoms with E-state index in [1.54, 1.807) is 0 Å². The van der Waals surface area contributed by atoms with Crippen LogP contribution in [0.5, 0.6) is 0 Å². The first-order valence-electron chi connectivity index (χ1n) is 4.60. The maximum absolute atomic E-state index is 11.2. The number of aliphatic hydroxyl groups excluding tert-OH is 1. The highest BCUT2D eigenvalue weighted by Crippen LogP contribution is 2.57. The molecule has 0 saturated heterocycles. The van der Waals surface area contributed by atoms with Crippen LogP contribution in [0, 0.1) is 17.8 Å². The highest BCUT2D eigenvalue weighted by Gasteiger charge is 2.61. The van der Waals surface area contributed by atoms with E-state index in [-0.39, 0.29) is 23.9 Å². The lowest BCUT2D eigenvalue weighted by Gasteiger charge is -2.06. The monoisotopic (exact) mass is 170 g/mol. The molecule has 2 fully saturated rings. The van der Waals surface area contributed by atoms with Crippen molar-refractivity contribution in [3.8, 4) is 0 Å². The average molecular weight is 170 g/mol. The zero-order valence-corrected chi connectivity index (χ0v) is 7.19. The molecular formula is C9H14O3. The molecule has 0 spiro atoms. The Morgan fingerprint density at radius 3 is 2.83 bits per heavy atom. The Hall–Kier alpha value is -0.570. The van der Waals surface area contributed by atoms with E-state index in [4.69, 9.17) is 4.74 Å². The zero-order valence-electron chi connectivity index (χ0n) is 7.19. The number of aliphatic hydroxyl groups is 1. The van der Waals surface area contributed by atoms with Crippen molar-refractivity contribution in [3.05, 3.63) is 0 Å². The molecule has 0 aromatic carbocycles. The molecule has 4 atom stereocenters. The Labute approximate surface area is 71.7 Å². The van der Waals surface area contributed by atoms with E-state index >= 15 is 0 Å². The van der Waals surface area contributed by atoms with Gasteiger partial charge in [-0.05, 0) is 25.7 Å². The van der Waals surface area contributed by atoms with Crippen LogP contribution in [0.25, 0.3) is 0 Å². The van der Waals surface area contributed by atoms with Crippen molar-refractivity contribution in [2.45, 2.75) is 25.9 Å². The number of carbonyl (C=O) groups is 1. The summed E-state index contributed by atoms with van der Waals surface area (Å²) in [4.78, 5) is 11.2. The van der Waals surface area contributed by atoms with Crippen molar-refractivity contribution in [1.29, 1.82) is 0 Å². The summed E-state index contributed by atoms with van der Waals surface area (Å²) < 4.78 is 4.90. The average Bonchev–Trinajstić information content (AvgIpc) is 2.65. The van der Waals surface area contributed by atoms with E-state index in [0.29, 0.717) is 12.5 Å². The van der Waals surface area contributed by atoms with Crippen LogP contribution in [-0.4, -0.2) is 23.8 Å². The van der Waals surface area contributed by atoms with Crippen LogP contribution in [0.1, 0.15) is 19.8 Å². The summed E-state index contributed by atoms with van der Waals surface area (Å²) in [5, 5.41) is 9.42. The highest BCUT2D eigenvalue weighted by atomic mass is 16.5. The summed E-state index contributed by atoms with van der Waals surface area (Å²) >= 11 is 0. The quantitative estimate of drug-likeness (QED) is 0.616. The number of hydrogen-bond donors (Lipinski definition) is 1. The van der Waals surface area contributed by atoms with E-state index in [1.165, 1.54) is 0 Å². The van der Waals surface area contributed by atoms with Crippen LogP contribution in [0.15, 0.2) is 0 Å². The van der Waals surface area contributed by atoms with Gasteiger partial charge in [-0.2, -0.15) is 0 Å². The second kappa shape index (κ2) is 2.73. The van der Waals surface area contributed by atoms with Gasteiger partial charge < -0.3 is 9.84 Å². The van der Waals surface area contributed by atoms with Crippen LogP contribution in [-0.2, 0) is 9.53 Å². The molecule has 0 aromatic heterocycles. The third-order valence-electron chi connectivity index (χ3n) is 3.03. The van der Waals surface area contributed by atoms with Crippen molar-refractivity contribution in [1.82, 2.24) is 0 Å². The number of hydrogen-bond acceptors (Lipinski definition) is 3. The highest BCUT2D eigenvalue weighted by molar-refractivity contribution is 5.77. The minimum atomic E-state index is -0.246. The van der Waals surface area contributed by atoms with Crippen molar-refractivity contribution in [2.24, 2.45) is 17.8 Å². The molecule has 0 heterocycles. The molecule has 2 aliphatic rings. The fraction of sp³-hybridized carbons (Fsp3) is 0.889. The topological polar surface area (TPSA) is 46.5 Å². The van der Waals surface area contributed by atoms with Crippen LogP contribution in [0.4, 0.5) is 0 Å². The minimum Gasteiger partial charge on any atom is -0.466 e. The Morgan fingerprint density at radius 1 is 1.58 bits per heavy atom. The summed E-state index contributed by atoms with van der Waals surface area (Å²) in [6.07, 6.45) is 1.62. The van der Waals surface area contributed by atoms with Crippen molar-refractivity contribution in [3.63, 3.8) is 0 Å². The number of ether oxygens (including phenoxy) is 1. The molecule has 0 amide bonds. The molecule has 0 unspecified atom stereocenters. The van der Waals surface area contributed by atoms with Crippen LogP contribution < -0.4 is 0 Å². The molecule has 0 aliphatic heterocycles. The van der Waals surface area contributed by atoms with Gasteiger partial charge >= 0.3 is 5.97 Å². The van der Waals surface area contributed by atoms with Crippen molar-refractivity contribution >= 4 is 5.97 Å². The molecule has 3 nitrogen and oxygen atoms in total. The second-order valence-electron chi connectivity index (χ2n) is 3.66. The lowest BCUT2D eigenvalue weighted by atomic mass is 10.1. The summed E-state index contributed by atoms with van der Waals surface area (Å²) in [5.41, 5.74) is 0. The Bertz CT molecular complexity index is 202. The SMILES string of the molecule is CCOC(=O)[C@@H]1[C@@H]2CC[C@H](O)[C@@H]21. The Kier molecular flexibility index (Phi) is 1.83. The van der Waals surface area contributed by atoms with Gasteiger partial charge in [0, 0.05) is 5.92 Å². The lowest BCUT2D eigenvalue weighted by Crippen LogP contribution is -2.15. The number of fused-ring (bicyclic) bond motifs is 1. The fourth-order valence-corrected chi connectivity index (χ4v) is 2.42. The third-order valence-corrected chi connectivity index (χ3v) is 3.03. The van der Waals surface area contributed by atoms with Gasteiger partial charge in [-0.15, -0.1) is 0 Å². The molecule has 2 aliphatic carbocycles. The normalized spacial score (nSPS) is 43.8. The number of carbonyl (C=O) groups excluding carboxylic acids is 1. The molecule has 2 rings (SSSR count).